The molecule has 1 aromatic carbocycles. The lowest BCUT2D eigenvalue weighted by Crippen LogP contribution is -2.03. The Kier molecular flexibility index (Phi) is 5.76. The Morgan fingerprint density at radius 1 is 1.33 bits per heavy atom. The van der Waals surface area contributed by atoms with E-state index in [4.69, 9.17) is 16.7 Å². The molecule has 0 atom stereocenters. The number of benzene rings is 1. The van der Waals surface area contributed by atoms with Crippen LogP contribution in [0.15, 0.2) is 24.3 Å². The van der Waals surface area contributed by atoms with Crippen LogP contribution in [0.4, 0.5) is 0 Å². The molecule has 1 aromatic rings. The number of carbonyl (C=O) groups is 1. The zero-order chi connectivity index (χ0) is 11.1. The maximum absolute atomic E-state index is 11.6. The minimum atomic E-state index is 0.106. The summed E-state index contributed by atoms with van der Waals surface area (Å²) in [6, 6.07) is 6.90. The summed E-state index contributed by atoms with van der Waals surface area (Å²) in [6.07, 6.45) is 0.735. The third-order valence-electron chi connectivity index (χ3n) is 1.85. The van der Waals surface area contributed by atoms with Gasteiger partial charge in [-0.1, -0.05) is 11.6 Å². The molecule has 15 heavy (non-hydrogen) atoms. The van der Waals surface area contributed by atoms with Gasteiger partial charge in [-0.2, -0.15) is 11.8 Å². The van der Waals surface area contributed by atoms with Crippen molar-refractivity contribution in [3.05, 3.63) is 34.9 Å². The second kappa shape index (κ2) is 6.88. The van der Waals surface area contributed by atoms with Crippen LogP contribution in [-0.2, 0) is 0 Å². The van der Waals surface area contributed by atoms with E-state index in [1.165, 1.54) is 0 Å². The van der Waals surface area contributed by atoms with Gasteiger partial charge in [0.15, 0.2) is 5.78 Å². The zero-order valence-corrected chi connectivity index (χ0v) is 9.85. The van der Waals surface area contributed by atoms with Gasteiger partial charge in [-0.25, -0.2) is 0 Å². The molecule has 0 fully saturated rings. The average molecular weight is 245 g/mol. The summed E-state index contributed by atoms with van der Waals surface area (Å²) < 4.78 is 0. The average Bonchev–Trinajstić information content (AvgIpc) is 2.25. The zero-order valence-electron chi connectivity index (χ0n) is 8.28. The molecular weight excluding hydrogens is 232 g/mol. The van der Waals surface area contributed by atoms with Gasteiger partial charge in [-0.05, 0) is 36.4 Å². The molecule has 82 valence electrons. The normalized spacial score (nSPS) is 10.3. The van der Waals surface area contributed by atoms with Gasteiger partial charge < -0.3 is 5.11 Å². The number of rotatable bonds is 6. The number of carbonyl (C=O) groups excluding carboxylic acids is 1. The number of aliphatic hydroxyl groups excluding tert-OH is 1. The van der Waals surface area contributed by atoms with E-state index in [0.717, 1.165) is 12.2 Å². The number of halogens is 1. The molecular formula is C11H13ClO2S. The minimum absolute atomic E-state index is 0.106. The van der Waals surface area contributed by atoms with Crippen LogP contribution in [0, 0.1) is 0 Å². The van der Waals surface area contributed by atoms with E-state index < -0.39 is 0 Å². The van der Waals surface area contributed by atoms with Gasteiger partial charge in [-0.3, -0.25) is 4.79 Å². The Morgan fingerprint density at radius 3 is 2.60 bits per heavy atom. The predicted octanol–water partition coefficient (Wildman–Crippen LogP) is 2.64. The molecule has 0 aliphatic carbocycles. The lowest BCUT2D eigenvalue weighted by Gasteiger charge is -2.00. The molecule has 0 saturated heterocycles. The van der Waals surface area contributed by atoms with Crippen LogP contribution in [0.5, 0.6) is 0 Å². The van der Waals surface area contributed by atoms with Crippen LogP contribution < -0.4 is 0 Å². The van der Waals surface area contributed by atoms with E-state index in [1.807, 2.05) is 0 Å². The van der Waals surface area contributed by atoms with E-state index >= 15 is 0 Å². The van der Waals surface area contributed by atoms with Crippen LogP contribution in [0.2, 0.25) is 5.02 Å². The van der Waals surface area contributed by atoms with Gasteiger partial charge in [-0.15, -0.1) is 0 Å². The highest BCUT2D eigenvalue weighted by Gasteiger charge is 2.04. The molecule has 0 unspecified atom stereocenters. The minimum Gasteiger partial charge on any atom is -0.396 e. The predicted molar refractivity (Wildman–Crippen MR) is 64.8 cm³/mol. The lowest BCUT2D eigenvalue weighted by atomic mass is 10.1. The maximum Gasteiger partial charge on any atom is 0.172 e. The molecule has 0 bridgehead atoms. The quantitative estimate of drug-likeness (QED) is 0.618. The van der Waals surface area contributed by atoms with Crippen molar-refractivity contribution < 1.29 is 9.90 Å². The Morgan fingerprint density at radius 2 is 2.00 bits per heavy atom. The summed E-state index contributed by atoms with van der Waals surface area (Å²) >= 11 is 7.26. The number of aliphatic hydroxyl groups is 1. The van der Waals surface area contributed by atoms with E-state index in [-0.39, 0.29) is 12.4 Å². The second-order valence-corrected chi connectivity index (χ2v) is 4.60. The summed E-state index contributed by atoms with van der Waals surface area (Å²) in [5.41, 5.74) is 0.691. The molecule has 0 aliphatic heterocycles. The first-order chi connectivity index (χ1) is 7.24. The molecule has 0 spiro atoms. The third kappa shape index (κ3) is 4.69. The smallest absolute Gasteiger partial charge is 0.172 e. The van der Waals surface area contributed by atoms with Crippen molar-refractivity contribution in [1.82, 2.24) is 0 Å². The highest BCUT2D eigenvalue weighted by atomic mass is 35.5. The lowest BCUT2D eigenvalue weighted by molar-refractivity contribution is 0.102. The van der Waals surface area contributed by atoms with E-state index in [9.17, 15) is 4.79 Å². The molecule has 4 heteroatoms. The molecule has 2 nitrogen and oxygen atoms in total. The van der Waals surface area contributed by atoms with Crippen molar-refractivity contribution in [2.45, 2.75) is 6.42 Å². The monoisotopic (exact) mass is 244 g/mol. The molecule has 1 N–H and O–H groups in total. The molecule has 0 saturated carbocycles. The summed E-state index contributed by atoms with van der Waals surface area (Å²) in [5.74, 6) is 1.38. The molecule has 0 aliphatic rings. The number of ketones is 1. The Balaban J connectivity index is 2.37. The van der Waals surface area contributed by atoms with Gasteiger partial charge >= 0.3 is 0 Å². The number of hydrogen-bond donors (Lipinski definition) is 1. The van der Waals surface area contributed by atoms with Gasteiger partial charge in [0.25, 0.3) is 0 Å². The Hall–Kier alpha value is -0.510. The fourth-order valence-corrected chi connectivity index (χ4v) is 2.01. The standard InChI is InChI=1S/C11H13ClO2S/c12-10-4-2-9(3-5-10)11(14)8-15-7-1-6-13/h2-5,13H,1,6-8H2. The van der Waals surface area contributed by atoms with Gasteiger partial charge in [0.2, 0.25) is 0 Å². The maximum atomic E-state index is 11.6. The molecule has 0 aromatic heterocycles. The molecule has 0 amide bonds. The van der Waals surface area contributed by atoms with Crippen LogP contribution in [0.25, 0.3) is 0 Å². The molecule has 1 rings (SSSR count). The van der Waals surface area contributed by atoms with Crippen molar-refractivity contribution >= 4 is 29.1 Å². The molecule has 0 heterocycles. The first kappa shape index (κ1) is 12.6. The largest absolute Gasteiger partial charge is 0.396 e. The Labute approximate surface area is 98.6 Å². The summed E-state index contributed by atoms with van der Waals surface area (Å²) in [7, 11) is 0. The van der Waals surface area contributed by atoms with Crippen molar-refractivity contribution in [1.29, 1.82) is 0 Å². The topological polar surface area (TPSA) is 37.3 Å². The SMILES string of the molecule is O=C(CSCCCO)c1ccc(Cl)cc1. The van der Waals surface area contributed by atoms with E-state index in [1.54, 1.807) is 36.0 Å². The van der Waals surface area contributed by atoms with Crippen molar-refractivity contribution in [3.63, 3.8) is 0 Å². The number of hydrogen-bond acceptors (Lipinski definition) is 3. The van der Waals surface area contributed by atoms with Crippen molar-refractivity contribution in [2.75, 3.05) is 18.1 Å². The van der Waals surface area contributed by atoms with Gasteiger partial charge in [0, 0.05) is 17.2 Å². The Bertz CT molecular complexity index is 311. The number of Topliss-reactive ketones (excluding diaryl/α,β-unsaturated/α-hetero) is 1. The van der Waals surface area contributed by atoms with Gasteiger partial charge in [0.1, 0.15) is 0 Å². The molecule has 0 radical (unpaired) electrons. The summed E-state index contributed by atoms with van der Waals surface area (Å²) in [6.45, 7) is 0.183. The fourth-order valence-electron chi connectivity index (χ4n) is 1.05. The summed E-state index contributed by atoms with van der Waals surface area (Å²) in [5, 5.41) is 9.20. The number of thioether (sulfide) groups is 1. The van der Waals surface area contributed by atoms with Crippen LogP contribution >= 0.6 is 23.4 Å². The second-order valence-electron chi connectivity index (χ2n) is 3.06. The first-order valence-electron chi connectivity index (χ1n) is 4.71. The van der Waals surface area contributed by atoms with Crippen LogP contribution in [0.3, 0.4) is 0 Å². The van der Waals surface area contributed by atoms with Crippen molar-refractivity contribution in [3.8, 4) is 0 Å². The highest BCUT2D eigenvalue weighted by molar-refractivity contribution is 7.99. The van der Waals surface area contributed by atoms with Crippen molar-refractivity contribution in [2.24, 2.45) is 0 Å². The first-order valence-corrected chi connectivity index (χ1v) is 6.24. The van der Waals surface area contributed by atoms with Crippen LogP contribution in [-0.4, -0.2) is 29.0 Å². The highest BCUT2D eigenvalue weighted by Crippen LogP contribution is 2.12. The fraction of sp³-hybridized carbons (Fsp3) is 0.364. The third-order valence-corrected chi connectivity index (χ3v) is 3.14. The van der Waals surface area contributed by atoms with Crippen LogP contribution in [0.1, 0.15) is 16.8 Å². The van der Waals surface area contributed by atoms with Gasteiger partial charge in [0.05, 0.1) is 5.75 Å². The summed E-state index contributed by atoms with van der Waals surface area (Å²) in [4.78, 5) is 11.6. The van der Waals surface area contributed by atoms with E-state index in [2.05, 4.69) is 0 Å². The van der Waals surface area contributed by atoms with E-state index in [0.29, 0.717) is 16.3 Å².